The number of carboxylic acids is 1. The van der Waals surface area contributed by atoms with Crippen LogP contribution in [0.1, 0.15) is 17.5 Å². The molecule has 1 N–H and O–H groups in total. The molecule has 2 rings (SSSR count). The number of carbonyl (C=O) groups excluding carboxylic acids is 1. The molecule has 0 unspecified atom stereocenters. The van der Waals surface area contributed by atoms with Crippen LogP contribution in [-0.2, 0) is 16.0 Å². The van der Waals surface area contributed by atoms with Gasteiger partial charge < -0.3 is 10.0 Å². The van der Waals surface area contributed by atoms with Crippen LogP contribution in [0.15, 0.2) is 24.3 Å². The molecule has 0 atom stereocenters. The van der Waals surface area contributed by atoms with E-state index in [1.54, 1.807) is 0 Å². The van der Waals surface area contributed by atoms with Crippen molar-refractivity contribution in [1.29, 1.82) is 0 Å². The van der Waals surface area contributed by atoms with Gasteiger partial charge in [-0.05, 0) is 24.5 Å². The molecule has 0 aromatic heterocycles. The van der Waals surface area contributed by atoms with Crippen LogP contribution in [0.25, 0.3) is 0 Å². The van der Waals surface area contributed by atoms with Crippen molar-refractivity contribution < 1.29 is 14.7 Å². The standard InChI is InChI=1S/C16H22N2O3/c1-13-5-2-3-6-14(13)11-15(19)18-8-4-7-17(9-10-18)12-16(20)21/h2-3,5-6H,4,7-12H2,1H3,(H,20,21). The second kappa shape index (κ2) is 7.22. The van der Waals surface area contributed by atoms with Gasteiger partial charge in [-0.1, -0.05) is 24.3 Å². The van der Waals surface area contributed by atoms with Crippen LogP contribution in [0.4, 0.5) is 0 Å². The lowest BCUT2D eigenvalue weighted by Gasteiger charge is -2.21. The molecule has 1 amide bonds. The molecule has 0 bridgehead atoms. The first-order valence-electron chi connectivity index (χ1n) is 7.32. The highest BCUT2D eigenvalue weighted by Crippen LogP contribution is 2.11. The van der Waals surface area contributed by atoms with Gasteiger partial charge in [0.25, 0.3) is 0 Å². The topological polar surface area (TPSA) is 60.9 Å². The SMILES string of the molecule is Cc1ccccc1CC(=O)N1CCCN(CC(=O)O)CC1. The lowest BCUT2D eigenvalue weighted by Crippen LogP contribution is -2.37. The predicted molar refractivity (Wildman–Crippen MR) is 80.2 cm³/mol. The van der Waals surface area contributed by atoms with Gasteiger partial charge in [-0.3, -0.25) is 14.5 Å². The monoisotopic (exact) mass is 290 g/mol. The Bertz CT molecular complexity index is 516. The molecule has 1 fully saturated rings. The van der Waals surface area contributed by atoms with Gasteiger partial charge in [-0.25, -0.2) is 0 Å². The van der Waals surface area contributed by atoms with Crippen molar-refractivity contribution in [3.05, 3.63) is 35.4 Å². The average molecular weight is 290 g/mol. The second-order valence-corrected chi connectivity index (χ2v) is 5.51. The van der Waals surface area contributed by atoms with Crippen molar-refractivity contribution in [2.75, 3.05) is 32.7 Å². The zero-order chi connectivity index (χ0) is 15.2. The van der Waals surface area contributed by atoms with E-state index < -0.39 is 5.97 Å². The molecule has 0 saturated carbocycles. The third-order valence-corrected chi connectivity index (χ3v) is 3.90. The minimum Gasteiger partial charge on any atom is -0.480 e. The number of nitrogens with zero attached hydrogens (tertiary/aromatic N) is 2. The molecule has 0 radical (unpaired) electrons. The average Bonchev–Trinajstić information content (AvgIpc) is 2.66. The van der Waals surface area contributed by atoms with E-state index >= 15 is 0 Å². The number of amides is 1. The number of aliphatic carboxylic acids is 1. The molecular weight excluding hydrogens is 268 g/mol. The van der Waals surface area contributed by atoms with E-state index in [0.29, 0.717) is 26.1 Å². The Balaban J connectivity index is 1.91. The highest BCUT2D eigenvalue weighted by molar-refractivity contribution is 5.79. The van der Waals surface area contributed by atoms with Crippen LogP contribution in [0.3, 0.4) is 0 Å². The normalized spacial score (nSPS) is 16.5. The predicted octanol–water partition coefficient (Wildman–Crippen LogP) is 1.16. The molecule has 0 spiro atoms. The molecular formula is C16H22N2O3. The Morgan fingerprint density at radius 3 is 2.62 bits per heavy atom. The van der Waals surface area contributed by atoms with E-state index in [1.807, 2.05) is 41.0 Å². The van der Waals surface area contributed by atoms with Gasteiger partial charge in [0.2, 0.25) is 5.91 Å². The number of carboxylic acid groups (broad SMARTS) is 1. The number of rotatable bonds is 4. The van der Waals surface area contributed by atoms with E-state index in [2.05, 4.69) is 0 Å². The lowest BCUT2D eigenvalue weighted by atomic mass is 10.1. The van der Waals surface area contributed by atoms with Crippen LogP contribution in [-0.4, -0.2) is 59.5 Å². The Morgan fingerprint density at radius 2 is 1.90 bits per heavy atom. The number of hydrogen-bond donors (Lipinski definition) is 1. The summed E-state index contributed by atoms with van der Waals surface area (Å²) in [5.41, 5.74) is 2.20. The Hall–Kier alpha value is -1.88. The summed E-state index contributed by atoms with van der Waals surface area (Å²) >= 11 is 0. The maximum atomic E-state index is 12.4. The van der Waals surface area contributed by atoms with Crippen molar-refractivity contribution in [1.82, 2.24) is 9.80 Å². The molecule has 1 aromatic rings. The fraction of sp³-hybridized carbons (Fsp3) is 0.500. The summed E-state index contributed by atoms with van der Waals surface area (Å²) in [5, 5.41) is 8.84. The third-order valence-electron chi connectivity index (χ3n) is 3.90. The Morgan fingerprint density at radius 1 is 1.14 bits per heavy atom. The Kier molecular flexibility index (Phi) is 5.33. The quantitative estimate of drug-likeness (QED) is 0.904. The molecule has 0 aliphatic carbocycles. The van der Waals surface area contributed by atoms with Crippen molar-refractivity contribution in [2.24, 2.45) is 0 Å². The van der Waals surface area contributed by atoms with Crippen LogP contribution < -0.4 is 0 Å². The number of hydrogen-bond acceptors (Lipinski definition) is 3. The summed E-state index contributed by atoms with van der Waals surface area (Å²) < 4.78 is 0. The van der Waals surface area contributed by atoms with Crippen molar-refractivity contribution >= 4 is 11.9 Å². The van der Waals surface area contributed by atoms with Gasteiger partial charge in [0.15, 0.2) is 0 Å². The number of benzene rings is 1. The van der Waals surface area contributed by atoms with Gasteiger partial charge in [0.05, 0.1) is 13.0 Å². The first-order chi connectivity index (χ1) is 10.1. The minimum absolute atomic E-state index is 0.0554. The van der Waals surface area contributed by atoms with Gasteiger partial charge in [-0.15, -0.1) is 0 Å². The van der Waals surface area contributed by atoms with Gasteiger partial charge >= 0.3 is 5.97 Å². The zero-order valence-corrected chi connectivity index (χ0v) is 12.4. The molecule has 1 aliphatic heterocycles. The first kappa shape index (κ1) is 15.5. The minimum atomic E-state index is -0.810. The largest absolute Gasteiger partial charge is 0.480 e. The van der Waals surface area contributed by atoms with E-state index in [0.717, 1.165) is 24.1 Å². The summed E-state index contributed by atoms with van der Waals surface area (Å²) in [5.74, 6) is -0.684. The zero-order valence-electron chi connectivity index (χ0n) is 12.4. The molecule has 21 heavy (non-hydrogen) atoms. The third kappa shape index (κ3) is 4.56. The molecule has 114 valence electrons. The summed E-state index contributed by atoms with van der Waals surface area (Å²) in [6.45, 7) is 4.75. The molecule has 1 saturated heterocycles. The summed E-state index contributed by atoms with van der Waals surface area (Å²) in [6.07, 6.45) is 1.25. The van der Waals surface area contributed by atoms with Crippen LogP contribution in [0.2, 0.25) is 0 Å². The molecule has 1 heterocycles. The van der Waals surface area contributed by atoms with E-state index in [4.69, 9.17) is 5.11 Å². The lowest BCUT2D eigenvalue weighted by molar-refractivity contribution is -0.138. The van der Waals surface area contributed by atoms with Crippen LogP contribution in [0.5, 0.6) is 0 Å². The highest BCUT2D eigenvalue weighted by atomic mass is 16.4. The Labute approximate surface area is 125 Å². The fourth-order valence-electron chi connectivity index (χ4n) is 2.65. The van der Waals surface area contributed by atoms with E-state index in [9.17, 15) is 9.59 Å². The molecule has 5 nitrogen and oxygen atoms in total. The van der Waals surface area contributed by atoms with Gasteiger partial charge in [0.1, 0.15) is 0 Å². The first-order valence-corrected chi connectivity index (χ1v) is 7.32. The molecule has 1 aliphatic rings. The van der Waals surface area contributed by atoms with E-state index in [-0.39, 0.29) is 12.5 Å². The van der Waals surface area contributed by atoms with E-state index in [1.165, 1.54) is 0 Å². The molecule has 1 aromatic carbocycles. The highest BCUT2D eigenvalue weighted by Gasteiger charge is 2.20. The van der Waals surface area contributed by atoms with Crippen molar-refractivity contribution in [3.63, 3.8) is 0 Å². The summed E-state index contributed by atoms with van der Waals surface area (Å²) in [4.78, 5) is 26.9. The summed E-state index contributed by atoms with van der Waals surface area (Å²) in [7, 11) is 0. The maximum absolute atomic E-state index is 12.4. The van der Waals surface area contributed by atoms with Crippen molar-refractivity contribution in [3.8, 4) is 0 Å². The summed E-state index contributed by atoms with van der Waals surface area (Å²) in [6, 6.07) is 7.92. The number of carbonyl (C=O) groups is 2. The second-order valence-electron chi connectivity index (χ2n) is 5.51. The van der Waals surface area contributed by atoms with Crippen molar-refractivity contribution in [2.45, 2.75) is 19.8 Å². The maximum Gasteiger partial charge on any atom is 0.317 e. The number of aryl methyl sites for hydroxylation is 1. The van der Waals surface area contributed by atoms with Crippen LogP contribution in [0, 0.1) is 6.92 Å². The molecule has 5 heteroatoms. The van der Waals surface area contributed by atoms with Gasteiger partial charge in [0, 0.05) is 26.2 Å². The van der Waals surface area contributed by atoms with Gasteiger partial charge in [-0.2, -0.15) is 0 Å². The fourth-order valence-corrected chi connectivity index (χ4v) is 2.65. The smallest absolute Gasteiger partial charge is 0.317 e. The van der Waals surface area contributed by atoms with Crippen LogP contribution >= 0.6 is 0 Å².